The van der Waals surface area contributed by atoms with Crippen LogP contribution in [-0.2, 0) is 0 Å². The minimum Gasteiger partial charge on any atom is -0.489 e. The highest BCUT2D eigenvalue weighted by Crippen LogP contribution is 2.36. The van der Waals surface area contributed by atoms with E-state index in [-0.39, 0.29) is 0 Å². The highest BCUT2D eigenvalue weighted by Gasteiger charge is 2.25. The Morgan fingerprint density at radius 1 is 1.18 bits per heavy atom. The maximum atomic E-state index is 9.26. The third kappa shape index (κ3) is 2.88. The first-order valence-electron chi connectivity index (χ1n) is 8.19. The predicted octanol–water partition coefficient (Wildman–Crippen LogP) is 4.06. The van der Waals surface area contributed by atoms with E-state index in [2.05, 4.69) is 32.9 Å². The number of rotatable bonds is 4. The van der Waals surface area contributed by atoms with Crippen LogP contribution in [0.4, 0.5) is 0 Å². The molecule has 2 saturated carbocycles. The van der Waals surface area contributed by atoms with Crippen LogP contribution in [0.15, 0.2) is 22.8 Å². The second-order valence-electron chi connectivity index (χ2n) is 6.62. The molecule has 1 aromatic heterocycles. The normalized spacial score (nSPS) is 25.5. The van der Waals surface area contributed by atoms with Crippen LogP contribution in [0.3, 0.4) is 0 Å². The van der Waals surface area contributed by atoms with E-state index in [1.807, 2.05) is 6.07 Å². The molecule has 0 bridgehead atoms. The van der Waals surface area contributed by atoms with Gasteiger partial charge in [-0.2, -0.15) is 5.10 Å². The van der Waals surface area contributed by atoms with E-state index in [1.54, 1.807) is 0 Å². The Morgan fingerprint density at radius 2 is 1.95 bits per heavy atom. The van der Waals surface area contributed by atoms with Gasteiger partial charge in [-0.1, -0.05) is 0 Å². The van der Waals surface area contributed by atoms with Crippen LogP contribution in [0.2, 0.25) is 0 Å². The minimum absolute atomic E-state index is 0.322. The van der Waals surface area contributed by atoms with Crippen LogP contribution in [0.5, 0.6) is 5.75 Å². The number of halogens is 1. The molecule has 2 aliphatic rings. The molecule has 118 valence electrons. The van der Waals surface area contributed by atoms with Gasteiger partial charge in [-0.05, 0) is 66.4 Å². The summed E-state index contributed by atoms with van der Waals surface area (Å²) in [6, 6.07) is 4.62. The van der Waals surface area contributed by atoms with E-state index < -0.39 is 0 Å². The smallest absolute Gasteiger partial charge is 0.136 e. The highest BCUT2D eigenvalue weighted by atomic mass is 79.9. The van der Waals surface area contributed by atoms with E-state index in [9.17, 15) is 5.11 Å². The molecule has 4 rings (SSSR count). The number of benzene rings is 1. The molecular weight excluding hydrogens is 344 g/mol. The molecule has 0 radical (unpaired) electrons. The van der Waals surface area contributed by atoms with Crippen molar-refractivity contribution in [1.29, 1.82) is 0 Å². The Balaban J connectivity index is 1.57. The van der Waals surface area contributed by atoms with E-state index in [0.717, 1.165) is 59.7 Å². The number of nitrogens with zero attached hydrogens (tertiary/aromatic N) is 2. The number of ether oxygens (including phenoxy) is 1. The number of hydrogen-bond acceptors (Lipinski definition) is 3. The molecule has 2 fully saturated rings. The summed E-state index contributed by atoms with van der Waals surface area (Å²) >= 11 is 3.61. The van der Waals surface area contributed by atoms with Crippen LogP contribution in [0.25, 0.3) is 10.9 Å². The van der Waals surface area contributed by atoms with Crippen molar-refractivity contribution in [2.24, 2.45) is 5.92 Å². The summed E-state index contributed by atoms with van der Waals surface area (Å²) in [6.45, 7) is 0.322. The molecule has 0 amide bonds. The van der Waals surface area contributed by atoms with E-state index in [4.69, 9.17) is 9.84 Å². The monoisotopic (exact) mass is 364 g/mol. The number of aromatic nitrogens is 2. The third-order valence-corrected chi connectivity index (χ3v) is 5.46. The van der Waals surface area contributed by atoms with Crippen molar-refractivity contribution in [3.05, 3.63) is 22.8 Å². The van der Waals surface area contributed by atoms with Crippen molar-refractivity contribution in [3.63, 3.8) is 0 Å². The second-order valence-corrected chi connectivity index (χ2v) is 7.48. The van der Waals surface area contributed by atoms with Crippen LogP contribution >= 0.6 is 15.9 Å². The standard InChI is InChI=1S/C17H21BrN2O2/c18-15-7-12-9-20(13-3-1-11(10-21)2-4-13)19-16(12)8-17(15)22-14-5-6-14/h7-9,11,13-14,21H,1-6,10H2. The first kappa shape index (κ1) is 14.5. The summed E-state index contributed by atoms with van der Waals surface area (Å²) in [4.78, 5) is 0. The summed E-state index contributed by atoms with van der Waals surface area (Å²) in [7, 11) is 0. The number of aliphatic hydroxyl groups excluding tert-OH is 1. The highest BCUT2D eigenvalue weighted by molar-refractivity contribution is 9.10. The van der Waals surface area contributed by atoms with Gasteiger partial charge in [0.2, 0.25) is 0 Å². The van der Waals surface area contributed by atoms with Gasteiger partial charge in [-0.3, -0.25) is 4.68 Å². The lowest BCUT2D eigenvalue weighted by Crippen LogP contribution is -2.20. The lowest BCUT2D eigenvalue weighted by molar-refractivity contribution is 0.165. The topological polar surface area (TPSA) is 47.3 Å². The van der Waals surface area contributed by atoms with E-state index in [0.29, 0.717) is 24.7 Å². The fraction of sp³-hybridized carbons (Fsp3) is 0.588. The Labute approximate surface area is 138 Å². The van der Waals surface area contributed by atoms with Crippen molar-refractivity contribution in [1.82, 2.24) is 9.78 Å². The van der Waals surface area contributed by atoms with Gasteiger partial charge in [0, 0.05) is 24.3 Å². The second kappa shape index (κ2) is 5.85. The molecule has 22 heavy (non-hydrogen) atoms. The summed E-state index contributed by atoms with van der Waals surface area (Å²) in [5.74, 6) is 1.39. The predicted molar refractivity (Wildman–Crippen MR) is 89.2 cm³/mol. The number of aliphatic hydroxyl groups is 1. The Kier molecular flexibility index (Phi) is 3.86. The van der Waals surface area contributed by atoms with Gasteiger partial charge in [0.1, 0.15) is 5.75 Å². The maximum absolute atomic E-state index is 9.26. The Bertz CT molecular complexity index is 673. The molecule has 0 saturated heterocycles. The van der Waals surface area contributed by atoms with E-state index >= 15 is 0 Å². The van der Waals surface area contributed by atoms with Gasteiger partial charge in [0.05, 0.1) is 22.1 Å². The Hall–Kier alpha value is -1.07. The number of hydrogen-bond donors (Lipinski definition) is 1. The lowest BCUT2D eigenvalue weighted by Gasteiger charge is -2.27. The zero-order chi connectivity index (χ0) is 15.1. The molecule has 1 heterocycles. The SMILES string of the molecule is OCC1CCC(n2cc3cc(Br)c(OC4CC4)cc3n2)CC1. The van der Waals surface area contributed by atoms with Crippen LogP contribution < -0.4 is 4.74 Å². The quantitative estimate of drug-likeness (QED) is 0.889. The molecule has 0 spiro atoms. The fourth-order valence-electron chi connectivity index (χ4n) is 3.28. The van der Waals surface area contributed by atoms with E-state index in [1.165, 1.54) is 0 Å². The van der Waals surface area contributed by atoms with Crippen molar-refractivity contribution in [2.75, 3.05) is 6.61 Å². The summed E-state index contributed by atoms with van der Waals surface area (Å²) in [6.07, 6.45) is 9.25. The first-order valence-corrected chi connectivity index (χ1v) is 8.98. The molecule has 2 aromatic rings. The largest absolute Gasteiger partial charge is 0.489 e. The van der Waals surface area contributed by atoms with Crippen LogP contribution in [0.1, 0.15) is 44.6 Å². The van der Waals surface area contributed by atoms with Crippen molar-refractivity contribution >= 4 is 26.8 Å². The van der Waals surface area contributed by atoms with Gasteiger partial charge in [0.25, 0.3) is 0 Å². The van der Waals surface area contributed by atoms with Gasteiger partial charge < -0.3 is 9.84 Å². The van der Waals surface area contributed by atoms with Gasteiger partial charge >= 0.3 is 0 Å². The van der Waals surface area contributed by atoms with Gasteiger partial charge in [-0.15, -0.1) is 0 Å². The molecule has 2 aliphatic carbocycles. The molecule has 1 aromatic carbocycles. The third-order valence-electron chi connectivity index (χ3n) is 4.84. The molecule has 0 unspecified atom stereocenters. The lowest BCUT2D eigenvalue weighted by atomic mass is 9.87. The van der Waals surface area contributed by atoms with Crippen molar-refractivity contribution < 1.29 is 9.84 Å². The fourth-order valence-corrected chi connectivity index (χ4v) is 3.73. The summed E-state index contributed by atoms with van der Waals surface area (Å²) in [5, 5.41) is 15.2. The molecule has 0 aliphatic heterocycles. The zero-order valence-corrected chi connectivity index (χ0v) is 14.1. The minimum atomic E-state index is 0.322. The number of fused-ring (bicyclic) bond motifs is 1. The van der Waals surface area contributed by atoms with Crippen molar-refractivity contribution in [3.8, 4) is 5.75 Å². The average Bonchev–Trinajstić information content (AvgIpc) is 3.26. The molecular formula is C17H21BrN2O2. The Morgan fingerprint density at radius 3 is 2.64 bits per heavy atom. The van der Waals surface area contributed by atoms with Crippen LogP contribution in [0, 0.1) is 5.92 Å². The molecule has 0 atom stereocenters. The maximum Gasteiger partial charge on any atom is 0.136 e. The molecule has 4 nitrogen and oxygen atoms in total. The zero-order valence-electron chi connectivity index (χ0n) is 12.5. The molecule has 1 N–H and O–H groups in total. The van der Waals surface area contributed by atoms with Crippen LogP contribution in [-0.4, -0.2) is 27.6 Å². The van der Waals surface area contributed by atoms with Gasteiger partial charge in [0.15, 0.2) is 0 Å². The first-order chi connectivity index (χ1) is 10.7. The van der Waals surface area contributed by atoms with Gasteiger partial charge in [-0.25, -0.2) is 0 Å². The molecule has 5 heteroatoms. The summed E-state index contributed by atoms with van der Waals surface area (Å²) < 4.78 is 9.05. The summed E-state index contributed by atoms with van der Waals surface area (Å²) in [5.41, 5.74) is 1.00. The average molecular weight is 365 g/mol. The van der Waals surface area contributed by atoms with Crippen molar-refractivity contribution in [2.45, 2.75) is 50.7 Å².